The number of ether oxygens (including phenoxy) is 1. The third-order valence-corrected chi connectivity index (χ3v) is 6.30. The molecule has 8 heteroatoms. The number of nitrogens with two attached hydrogens (primary N) is 1. The van der Waals surface area contributed by atoms with Gasteiger partial charge in [-0.15, -0.1) is 0 Å². The lowest BCUT2D eigenvalue weighted by molar-refractivity contribution is -0.0518. The van der Waals surface area contributed by atoms with Crippen LogP contribution in [0.5, 0.6) is 0 Å². The van der Waals surface area contributed by atoms with Crippen molar-refractivity contribution in [1.29, 1.82) is 0 Å². The Morgan fingerprint density at radius 1 is 1.48 bits per heavy atom. The lowest BCUT2D eigenvalue weighted by Gasteiger charge is -2.49. The van der Waals surface area contributed by atoms with Crippen molar-refractivity contribution in [3.8, 4) is 0 Å². The van der Waals surface area contributed by atoms with Crippen LogP contribution in [0.25, 0.3) is 0 Å². The number of anilines is 1. The first-order valence-electron chi connectivity index (χ1n) is 8.99. The number of nitrogens with zero attached hydrogens (tertiary/aromatic N) is 2. The molecule has 2 aliphatic heterocycles. The minimum absolute atomic E-state index is 0.0769. The largest absolute Gasteiger partial charge is 0.465 e. The van der Waals surface area contributed by atoms with E-state index >= 15 is 0 Å². The highest BCUT2D eigenvalue weighted by molar-refractivity contribution is 8.13. The van der Waals surface area contributed by atoms with E-state index in [0.29, 0.717) is 35.2 Å². The molecule has 0 spiro atoms. The molecule has 3 N–H and O–H groups in total. The van der Waals surface area contributed by atoms with E-state index in [4.69, 9.17) is 15.5 Å². The Hall–Kier alpha value is -1.80. The fourth-order valence-corrected chi connectivity index (χ4v) is 5.49. The first kappa shape index (κ1) is 19.9. The Bertz CT molecular complexity index is 780. The molecule has 0 saturated carbocycles. The summed E-state index contributed by atoms with van der Waals surface area (Å²) in [6, 6.07) is 4.50. The van der Waals surface area contributed by atoms with Crippen LogP contribution in [0.4, 0.5) is 14.9 Å². The summed E-state index contributed by atoms with van der Waals surface area (Å²) in [5, 5.41) is 10.2. The molecule has 27 heavy (non-hydrogen) atoms. The lowest BCUT2D eigenvalue weighted by atomic mass is 9.72. The lowest BCUT2D eigenvalue weighted by Crippen LogP contribution is -2.55. The molecule has 148 valence electrons. The molecular weight excluding hydrogens is 369 g/mol. The summed E-state index contributed by atoms with van der Waals surface area (Å²) in [6.07, 6.45) is -0.717. The average Bonchev–Trinajstić information content (AvgIpc) is 2.55. The molecule has 1 fully saturated rings. The van der Waals surface area contributed by atoms with Crippen molar-refractivity contribution in [3.63, 3.8) is 0 Å². The Morgan fingerprint density at radius 2 is 2.19 bits per heavy atom. The first-order valence-corrected chi connectivity index (χ1v) is 9.98. The quantitative estimate of drug-likeness (QED) is 0.704. The van der Waals surface area contributed by atoms with Crippen LogP contribution in [-0.4, -0.2) is 45.3 Å². The molecule has 0 aliphatic carbocycles. The van der Waals surface area contributed by atoms with Crippen LogP contribution in [0.3, 0.4) is 0 Å². The molecule has 2 heterocycles. The number of thioether (sulfide) groups is 1. The zero-order valence-electron chi connectivity index (χ0n) is 16.0. The molecule has 0 bridgehead atoms. The maximum atomic E-state index is 14.9. The van der Waals surface area contributed by atoms with Gasteiger partial charge in [0.1, 0.15) is 5.82 Å². The van der Waals surface area contributed by atoms with Crippen LogP contribution in [-0.2, 0) is 10.3 Å². The Labute approximate surface area is 163 Å². The minimum atomic E-state index is -1.07. The minimum Gasteiger partial charge on any atom is -0.465 e. The molecule has 0 radical (unpaired) electrons. The second kappa shape index (κ2) is 6.98. The van der Waals surface area contributed by atoms with E-state index in [1.54, 1.807) is 6.07 Å². The molecular formula is C19H26FN3O3S. The highest BCUT2D eigenvalue weighted by Crippen LogP contribution is 2.49. The molecule has 1 aromatic carbocycles. The normalized spacial score (nSPS) is 28.3. The number of amides is 1. The van der Waals surface area contributed by atoms with Gasteiger partial charge in [0.15, 0.2) is 5.17 Å². The summed E-state index contributed by atoms with van der Waals surface area (Å²) in [7, 11) is 0. The zero-order valence-corrected chi connectivity index (χ0v) is 16.8. The van der Waals surface area contributed by atoms with Crippen LogP contribution in [0.1, 0.15) is 39.7 Å². The molecule has 3 unspecified atom stereocenters. The number of nitrogen functional groups attached to an aromatic ring is 1. The number of amidine groups is 1. The van der Waals surface area contributed by atoms with Gasteiger partial charge >= 0.3 is 6.09 Å². The van der Waals surface area contributed by atoms with E-state index < -0.39 is 17.2 Å². The zero-order chi connectivity index (χ0) is 20.0. The summed E-state index contributed by atoms with van der Waals surface area (Å²) in [6.45, 7) is 7.84. The fraction of sp³-hybridized carbons (Fsp3) is 0.579. The van der Waals surface area contributed by atoms with Crippen molar-refractivity contribution in [1.82, 2.24) is 4.90 Å². The molecule has 2 aliphatic rings. The average molecular weight is 396 g/mol. The van der Waals surface area contributed by atoms with Gasteiger partial charge < -0.3 is 15.6 Å². The SMILES string of the molecule is CC1OCCC2(c3cc(N)ccc3F)N=C(N(C(=O)O)C(C)(C)C)SCC12. The highest BCUT2D eigenvalue weighted by Gasteiger charge is 2.51. The van der Waals surface area contributed by atoms with Crippen LogP contribution in [0.15, 0.2) is 23.2 Å². The Kier molecular flexibility index (Phi) is 5.16. The Balaban J connectivity index is 2.21. The number of hydrogen-bond donors (Lipinski definition) is 2. The van der Waals surface area contributed by atoms with Crippen molar-refractivity contribution in [2.45, 2.75) is 51.3 Å². The fourth-order valence-electron chi connectivity index (χ4n) is 3.91. The van der Waals surface area contributed by atoms with E-state index in [9.17, 15) is 14.3 Å². The molecule has 1 amide bonds. The van der Waals surface area contributed by atoms with Gasteiger partial charge in [-0.25, -0.2) is 14.2 Å². The van der Waals surface area contributed by atoms with Crippen LogP contribution >= 0.6 is 11.8 Å². The van der Waals surface area contributed by atoms with E-state index in [-0.39, 0.29) is 17.8 Å². The summed E-state index contributed by atoms with van der Waals surface area (Å²) in [5.41, 5.74) is 5.26. The Morgan fingerprint density at radius 3 is 2.81 bits per heavy atom. The van der Waals surface area contributed by atoms with Gasteiger partial charge in [-0.2, -0.15) is 0 Å². The van der Waals surface area contributed by atoms with E-state index in [0.717, 1.165) is 0 Å². The van der Waals surface area contributed by atoms with Gasteiger partial charge in [-0.05, 0) is 45.9 Å². The molecule has 3 atom stereocenters. The van der Waals surface area contributed by atoms with Crippen molar-refractivity contribution < 1.29 is 19.0 Å². The molecule has 0 aromatic heterocycles. The van der Waals surface area contributed by atoms with Gasteiger partial charge in [0.25, 0.3) is 0 Å². The third-order valence-electron chi connectivity index (χ3n) is 5.24. The highest BCUT2D eigenvalue weighted by atomic mass is 32.2. The van der Waals surface area contributed by atoms with E-state index in [1.165, 1.54) is 28.8 Å². The van der Waals surface area contributed by atoms with Gasteiger partial charge in [0.2, 0.25) is 0 Å². The summed E-state index contributed by atoms with van der Waals surface area (Å²) >= 11 is 1.38. The first-order chi connectivity index (χ1) is 12.6. The predicted octanol–water partition coefficient (Wildman–Crippen LogP) is 3.91. The topological polar surface area (TPSA) is 88.2 Å². The number of aliphatic imine (C=N–C) groups is 1. The van der Waals surface area contributed by atoms with Gasteiger partial charge in [0.05, 0.1) is 11.6 Å². The van der Waals surface area contributed by atoms with E-state index in [1.807, 2.05) is 27.7 Å². The standard InChI is InChI=1S/C19H26FN3O3S/c1-11-14-10-27-16(23(17(24)25)18(2,3)4)22-19(14,7-8-26-11)13-9-12(21)5-6-15(13)20/h5-6,9,11,14H,7-8,10,21H2,1-4H3,(H,24,25). The molecule has 1 aromatic rings. The van der Waals surface area contributed by atoms with Crippen molar-refractivity contribution in [2.24, 2.45) is 10.9 Å². The maximum absolute atomic E-state index is 14.9. The molecule has 1 saturated heterocycles. The van der Waals surface area contributed by atoms with Gasteiger partial charge in [-0.1, -0.05) is 11.8 Å². The van der Waals surface area contributed by atoms with Crippen LogP contribution in [0.2, 0.25) is 0 Å². The van der Waals surface area contributed by atoms with Gasteiger partial charge in [-0.3, -0.25) is 4.90 Å². The van der Waals surface area contributed by atoms with Crippen molar-refractivity contribution in [2.75, 3.05) is 18.1 Å². The van der Waals surface area contributed by atoms with Crippen molar-refractivity contribution >= 4 is 28.7 Å². The second-order valence-corrected chi connectivity index (χ2v) is 9.08. The number of benzene rings is 1. The number of halogens is 1. The molecule has 6 nitrogen and oxygen atoms in total. The summed E-state index contributed by atoms with van der Waals surface area (Å²) < 4.78 is 20.7. The smallest absolute Gasteiger partial charge is 0.413 e. The predicted molar refractivity (Wildman–Crippen MR) is 106 cm³/mol. The summed E-state index contributed by atoms with van der Waals surface area (Å²) in [5.74, 6) is 0.136. The maximum Gasteiger partial charge on any atom is 0.413 e. The van der Waals surface area contributed by atoms with Crippen LogP contribution in [0, 0.1) is 11.7 Å². The number of carboxylic acid groups (broad SMARTS) is 1. The number of rotatable bonds is 1. The summed E-state index contributed by atoms with van der Waals surface area (Å²) in [4.78, 5) is 18.1. The molecule has 3 rings (SSSR count). The third kappa shape index (κ3) is 3.52. The number of carbonyl (C=O) groups is 1. The van der Waals surface area contributed by atoms with Crippen LogP contribution < -0.4 is 5.73 Å². The van der Waals surface area contributed by atoms with Gasteiger partial charge in [0, 0.05) is 41.5 Å². The monoisotopic (exact) mass is 395 g/mol. The van der Waals surface area contributed by atoms with Crippen molar-refractivity contribution in [3.05, 3.63) is 29.6 Å². The second-order valence-electron chi connectivity index (χ2n) is 8.09. The number of fused-ring (bicyclic) bond motifs is 1. The number of hydrogen-bond acceptors (Lipinski definition) is 5. The van der Waals surface area contributed by atoms with E-state index in [2.05, 4.69) is 0 Å².